The molecule has 1 aliphatic heterocycles. The monoisotopic (exact) mass is 331 g/mol. The number of aliphatic imine (C=N–C) groups is 2. The van der Waals surface area contributed by atoms with Crippen LogP contribution in [0.1, 0.15) is 31.2 Å². The molecule has 1 unspecified atom stereocenters. The topological polar surface area (TPSA) is 48.5 Å². The van der Waals surface area contributed by atoms with Crippen molar-refractivity contribution in [2.45, 2.75) is 37.8 Å². The Morgan fingerprint density at radius 2 is 2.09 bits per heavy atom. The Bertz CT molecular complexity index is 695. The van der Waals surface area contributed by atoms with Gasteiger partial charge in [-0.3, -0.25) is 0 Å². The van der Waals surface area contributed by atoms with E-state index < -0.39 is 5.66 Å². The first-order valence-electron chi connectivity index (χ1n) is 7.01. The maximum absolute atomic E-state index is 9.34. The van der Waals surface area contributed by atoms with Crippen LogP contribution in [0.4, 0.5) is 0 Å². The molecule has 1 aromatic carbocycles. The Hall–Kier alpha value is -1.81. The van der Waals surface area contributed by atoms with Gasteiger partial charge in [0.2, 0.25) is 5.66 Å². The van der Waals surface area contributed by atoms with Crippen LogP contribution in [0.25, 0.3) is 0 Å². The van der Waals surface area contributed by atoms with E-state index in [1.54, 1.807) is 12.3 Å². The number of hydrogen-bond donors (Lipinski definition) is 0. The van der Waals surface area contributed by atoms with Gasteiger partial charge >= 0.3 is 0 Å². The molecule has 0 spiro atoms. The van der Waals surface area contributed by atoms with Crippen LogP contribution in [0.2, 0.25) is 10.0 Å². The number of rotatable bonds is 6. The van der Waals surface area contributed by atoms with Crippen molar-refractivity contribution in [2.75, 3.05) is 0 Å². The van der Waals surface area contributed by atoms with Gasteiger partial charge in [-0.15, -0.1) is 12.3 Å². The van der Waals surface area contributed by atoms with Crippen molar-refractivity contribution >= 4 is 35.1 Å². The smallest absolute Gasteiger partial charge is 0.237 e. The minimum absolute atomic E-state index is 0.551. The lowest BCUT2D eigenvalue weighted by molar-refractivity contribution is 0.518. The number of nitriles is 1. The van der Waals surface area contributed by atoms with E-state index in [1.165, 1.54) is 0 Å². The molecule has 1 heterocycles. The van der Waals surface area contributed by atoms with Crippen LogP contribution >= 0.6 is 23.2 Å². The SMILES string of the molecule is C#CCCCC1(C#N)N=CC(CCc2ccc(Cl)cc2Cl)=N1. The summed E-state index contributed by atoms with van der Waals surface area (Å²) in [5, 5.41) is 10.6. The molecule has 1 aromatic rings. The first-order valence-corrected chi connectivity index (χ1v) is 7.77. The summed E-state index contributed by atoms with van der Waals surface area (Å²) in [5.41, 5.74) is 0.827. The maximum atomic E-state index is 9.34. The Kier molecular flexibility index (Phi) is 5.61. The van der Waals surface area contributed by atoms with E-state index in [0.717, 1.165) is 24.1 Å². The summed E-state index contributed by atoms with van der Waals surface area (Å²) in [5.74, 6) is 2.57. The van der Waals surface area contributed by atoms with Crippen molar-refractivity contribution in [3.8, 4) is 18.4 Å². The minimum Gasteiger partial charge on any atom is -0.247 e. The standard InChI is InChI=1S/C17H15Cl2N3/c1-2-3-4-9-17(12-20)21-11-15(22-17)8-6-13-5-7-14(18)10-16(13)19/h1,5,7,10-11H,3-4,6,8-9H2. The van der Waals surface area contributed by atoms with Crippen LogP contribution in [0.3, 0.4) is 0 Å². The van der Waals surface area contributed by atoms with E-state index in [-0.39, 0.29) is 0 Å². The molecular formula is C17H15Cl2N3. The summed E-state index contributed by atoms with van der Waals surface area (Å²) in [7, 11) is 0. The highest BCUT2D eigenvalue weighted by atomic mass is 35.5. The van der Waals surface area contributed by atoms with Crippen LogP contribution in [-0.2, 0) is 6.42 Å². The van der Waals surface area contributed by atoms with Crippen molar-refractivity contribution in [3.05, 3.63) is 33.8 Å². The van der Waals surface area contributed by atoms with Gasteiger partial charge in [0.25, 0.3) is 0 Å². The quantitative estimate of drug-likeness (QED) is 0.560. The van der Waals surface area contributed by atoms with Crippen molar-refractivity contribution < 1.29 is 0 Å². The van der Waals surface area contributed by atoms with E-state index in [1.807, 2.05) is 12.1 Å². The molecule has 22 heavy (non-hydrogen) atoms. The van der Waals surface area contributed by atoms with Crippen molar-refractivity contribution in [3.63, 3.8) is 0 Å². The average Bonchev–Trinajstić information content (AvgIpc) is 2.91. The fourth-order valence-electron chi connectivity index (χ4n) is 2.25. The summed E-state index contributed by atoms with van der Waals surface area (Å²) in [6, 6.07) is 7.63. The lowest BCUT2D eigenvalue weighted by atomic mass is 10.1. The zero-order valence-electron chi connectivity index (χ0n) is 12.0. The van der Waals surface area contributed by atoms with Gasteiger partial charge in [0.15, 0.2) is 0 Å². The van der Waals surface area contributed by atoms with Crippen LogP contribution < -0.4 is 0 Å². The van der Waals surface area contributed by atoms with Gasteiger partial charge < -0.3 is 0 Å². The second-order valence-corrected chi connectivity index (χ2v) is 5.93. The Morgan fingerprint density at radius 3 is 2.77 bits per heavy atom. The van der Waals surface area contributed by atoms with Gasteiger partial charge in [-0.2, -0.15) is 5.26 Å². The van der Waals surface area contributed by atoms with Crippen LogP contribution in [0.15, 0.2) is 28.2 Å². The molecule has 1 atom stereocenters. The fourth-order valence-corrected chi connectivity index (χ4v) is 2.75. The highest BCUT2D eigenvalue weighted by Crippen LogP contribution is 2.26. The van der Waals surface area contributed by atoms with E-state index in [0.29, 0.717) is 29.3 Å². The molecule has 0 radical (unpaired) electrons. The summed E-state index contributed by atoms with van der Waals surface area (Å²) < 4.78 is 0. The Morgan fingerprint density at radius 1 is 1.27 bits per heavy atom. The molecule has 0 saturated carbocycles. The second kappa shape index (κ2) is 7.45. The van der Waals surface area contributed by atoms with Gasteiger partial charge in [-0.25, -0.2) is 9.98 Å². The van der Waals surface area contributed by atoms with Gasteiger partial charge in [0.05, 0.1) is 5.71 Å². The number of terminal acetylenes is 1. The molecule has 1 aliphatic rings. The third-order valence-corrected chi connectivity index (χ3v) is 4.03. The number of nitrogens with zero attached hydrogens (tertiary/aromatic N) is 3. The molecule has 0 amide bonds. The van der Waals surface area contributed by atoms with Gasteiger partial charge in [-0.05, 0) is 37.0 Å². The van der Waals surface area contributed by atoms with Crippen molar-refractivity contribution in [2.24, 2.45) is 9.98 Å². The molecule has 0 saturated heterocycles. The van der Waals surface area contributed by atoms with Crippen LogP contribution in [-0.4, -0.2) is 17.6 Å². The van der Waals surface area contributed by atoms with Gasteiger partial charge in [-0.1, -0.05) is 29.3 Å². The first-order chi connectivity index (χ1) is 10.6. The highest BCUT2D eigenvalue weighted by molar-refractivity contribution is 6.35. The third kappa shape index (κ3) is 4.10. The Labute approximate surface area is 140 Å². The molecule has 0 bridgehead atoms. The molecule has 0 aromatic heterocycles. The lowest BCUT2D eigenvalue weighted by Crippen LogP contribution is -2.19. The molecule has 2 rings (SSSR count). The van der Waals surface area contributed by atoms with E-state index >= 15 is 0 Å². The third-order valence-electron chi connectivity index (χ3n) is 3.45. The lowest BCUT2D eigenvalue weighted by Gasteiger charge is -2.12. The molecular weight excluding hydrogens is 317 g/mol. The minimum atomic E-state index is -0.990. The van der Waals surface area contributed by atoms with E-state index in [4.69, 9.17) is 29.6 Å². The number of halogens is 2. The first kappa shape index (κ1) is 16.6. The van der Waals surface area contributed by atoms with Gasteiger partial charge in [0, 0.05) is 29.1 Å². The second-order valence-electron chi connectivity index (χ2n) is 5.08. The molecule has 112 valence electrons. The summed E-state index contributed by atoms with van der Waals surface area (Å²) in [4.78, 5) is 8.74. The largest absolute Gasteiger partial charge is 0.247 e. The summed E-state index contributed by atoms with van der Waals surface area (Å²) in [6.45, 7) is 0. The zero-order chi connectivity index (χ0) is 16.0. The summed E-state index contributed by atoms with van der Waals surface area (Å²) in [6.07, 6.45) is 10.2. The molecule has 0 N–H and O–H groups in total. The molecule has 3 nitrogen and oxygen atoms in total. The Balaban J connectivity index is 1.99. The summed E-state index contributed by atoms with van der Waals surface area (Å²) >= 11 is 12.0. The number of unbranched alkanes of at least 4 members (excludes halogenated alkanes) is 1. The van der Waals surface area contributed by atoms with Crippen LogP contribution in [0.5, 0.6) is 0 Å². The van der Waals surface area contributed by atoms with E-state index in [2.05, 4.69) is 22.0 Å². The maximum Gasteiger partial charge on any atom is 0.237 e. The van der Waals surface area contributed by atoms with E-state index in [9.17, 15) is 5.26 Å². The number of benzene rings is 1. The van der Waals surface area contributed by atoms with Crippen molar-refractivity contribution in [1.29, 1.82) is 5.26 Å². The number of aryl methyl sites for hydroxylation is 1. The van der Waals surface area contributed by atoms with Gasteiger partial charge in [0.1, 0.15) is 6.07 Å². The highest BCUT2D eigenvalue weighted by Gasteiger charge is 2.31. The predicted octanol–water partition coefficient (Wildman–Crippen LogP) is 4.47. The van der Waals surface area contributed by atoms with Crippen LogP contribution in [0, 0.1) is 23.7 Å². The zero-order valence-corrected chi connectivity index (χ0v) is 13.5. The predicted molar refractivity (Wildman–Crippen MR) is 91.7 cm³/mol. The molecule has 5 heteroatoms. The fraction of sp³-hybridized carbons (Fsp3) is 0.353. The number of hydrogen-bond acceptors (Lipinski definition) is 3. The average molecular weight is 332 g/mol. The van der Waals surface area contributed by atoms with Crippen molar-refractivity contribution in [1.82, 2.24) is 0 Å². The molecule has 0 aliphatic carbocycles. The molecule has 0 fully saturated rings. The normalized spacial score (nSPS) is 19.5.